The largest absolute Gasteiger partial charge is 0.480 e. The van der Waals surface area contributed by atoms with E-state index in [4.69, 9.17) is 0 Å². The van der Waals surface area contributed by atoms with Crippen LogP contribution in [0.3, 0.4) is 0 Å². The fourth-order valence-corrected chi connectivity index (χ4v) is 5.08. The highest BCUT2D eigenvalue weighted by atomic mass is 32.2. The van der Waals surface area contributed by atoms with Crippen molar-refractivity contribution in [2.45, 2.75) is 50.3 Å². The molecular formula is C20H28N2O5S. The number of rotatable bonds is 9. The molecule has 1 atom stereocenters. The smallest absolute Gasteiger partial charge is 0.321 e. The van der Waals surface area contributed by atoms with E-state index in [2.05, 4.69) is 4.72 Å². The molecule has 1 amide bonds. The van der Waals surface area contributed by atoms with Crippen LogP contribution in [0.2, 0.25) is 0 Å². The lowest BCUT2D eigenvalue weighted by Crippen LogP contribution is -2.42. The van der Waals surface area contributed by atoms with Crippen LogP contribution >= 0.6 is 0 Å². The summed E-state index contributed by atoms with van der Waals surface area (Å²) in [6, 6.07) is 7.57. The van der Waals surface area contributed by atoms with Gasteiger partial charge in [0.15, 0.2) is 0 Å². The van der Waals surface area contributed by atoms with Gasteiger partial charge >= 0.3 is 5.97 Å². The average Bonchev–Trinajstić information content (AvgIpc) is 3.50. The van der Waals surface area contributed by atoms with E-state index in [1.54, 1.807) is 30.3 Å². The Morgan fingerprint density at radius 2 is 1.75 bits per heavy atom. The maximum Gasteiger partial charge on any atom is 0.321 e. The van der Waals surface area contributed by atoms with Gasteiger partial charge in [-0.15, -0.1) is 0 Å². The number of hydrogen-bond donors (Lipinski definition) is 2. The Bertz CT molecular complexity index is 784. The molecule has 1 saturated carbocycles. The maximum absolute atomic E-state index is 12.3. The van der Waals surface area contributed by atoms with E-state index in [-0.39, 0.29) is 24.0 Å². The van der Waals surface area contributed by atoms with Gasteiger partial charge in [0.05, 0.1) is 5.75 Å². The summed E-state index contributed by atoms with van der Waals surface area (Å²) in [6.07, 6.45) is 4.59. The Hall–Kier alpha value is -1.93. The molecular weight excluding hydrogens is 380 g/mol. The topological polar surface area (TPSA) is 104 Å². The number of amides is 1. The van der Waals surface area contributed by atoms with Crippen molar-refractivity contribution in [1.82, 2.24) is 9.62 Å². The molecule has 0 aromatic heterocycles. The molecule has 0 radical (unpaired) electrons. The zero-order chi connectivity index (χ0) is 20.1. The number of carboxylic acids is 1. The van der Waals surface area contributed by atoms with Crippen molar-refractivity contribution in [2.24, 2.45) is 11.8 Å². The molecule has 1 heterocycles. The van der Waals surface area contributed by atoms with Gasteiger partial charge in [0.2, 0.25) is 15.9 Å². The standard InChI is InChI=1S/C20H28N2O5S/c23-19(17-7-8-17)22-12-10-15(11-13-22)6-9-18(20(24)25)21-28(26,27)14-16-4-2-1-3-5-16/h1-5,15,17-18,21H,6-14H2,(H,24,25)/t18-/m1/s1. The number of carbonyl (C=O) groups excluding carboxylic acids is 1. The van der Waals surface area contributed by atoms with Gasteiger partial charge in [0, 0.05) is 19.0 Å². The highest BCUT2D eigenvalue weighted by Gasteiger charge is 2.35. The summed E-state index contributed by atoms with van der Waals surface area (Å²) in [5, 5.41) is 9.44. The van der Waals surface area contributed by atoms with E-state index >= 15 is 0 Å². The molecule has 7 nitrogen and oxygen atoms in total. The number of piperidine rings is 1. The quantitative estimate of drug-likeness (QED) is 0.650. The molecule has 1 aromatic carbocycles. The van der Waals surface area contributed by atoms with Gasteiger partial charge in [0.25, 0.3) is 0 Å². The molecule has 1 aliphatic heterocycles. The summed E-state index contributed by atoms with van der Waals surface area (Å²) < 4.78 is 27.0. The summed E-state index contributed by atoms with van der Waals surface area (Å²) in [4.78, 5) is 25.6. The minimum atomic E-state index is -3.74. The molecule has 8 heteroatoms. The van der Waals surface area contributed by atoms with Gasteiger partial charge < -0.3 is 10.0 Å². The van der Waals surface area contributed by atoms with Gasteiger partial charge in [-0.05, 0) is 50.0 Å². The number of aliphatic carboxylic acids is 1. The number of benzene rings is 1. The minimum Gasteiger partial charge on any atom is -0.480 e. The number of likely N-dealkylation sites (tertiary alicyclic amines) is 1. The van der Waals surface area contributed by atoms with E-state index in [9.17, 15) is 23.1 Å². The third-order valence-corrected chi connectivity index (χ3v) is 6.89. The number of sulfonamides is 1. The van der Waals surface area contributed by atoms with Crippen LogP contribution in [0, 0.1) is 11.8 Å². The van der Waals surface area contributed by atoms with Gasteiger partial charge in [0.1, 0.15) is 6.04 Å². The molecule has 2 aliphatic rings. The van der Waals surface area contributed by atoms with Crippen molar-refractivity contribution in [3.8, 4) is 0 Å². The Morgan fingerprint density at radius 1 is 1.11 bits per heavy atom. The second-order valence-corrected chi connectivity index (χ2v) is 9.63. The van der Waals surface area contributed by atoms with E-state index in [0.29, 0.717) is 17.9 Å². The van der Waals surface area contributed by atoms with Crippen molar-refractivity contribution < 1.29 is 23.1 Å². The molecule has 28 heavy (non-hydrogen) atoms. The fraction of sp³-hybridized carbons (Fsp3) is 0.600. The maximum atomic E-state index is 12.3. The van der Waals surface area contributed by atoms with Gasteiger partial charge in [-0.2, -0.15) is 0 Å². The lowest BCUT2D eigenvalue weighted by molar-refractivity contribution is -0.139. The third-order valence-electron chi connectivity index (χ3n) is 5.54. The summed E-state index contributed by atoms with van der Waals surface area (Å²) >= 11 is 0. The summed E-state index contributed by atoms with van der Waals surface area (Å²) in [7, 11) is -3.74. The van der Waals surface area contributed by atoms with Gasteiger partial charge in [-0.3, -0.25) is 9.59 Å². The SMILES string of the molecule is O=C(O)[C@@H](CCC1CCN(C(=O)C2CC2)CC1)NS(=O)(=O)Cc1ccccc1. The highest BCUT2D eigenvalue weighted by molar-refractivity contribution is 7.88. The van der Waals surface area contributed by atoms with Crippen LogP contribution in [-0.4, -0.2) is 49.4 Å². The van der Waals surface area contributed by atoms with Crippen molar-refractivity contribution >= 4 is 21.9 Å². The predicted octanol–water partition coefficient (Wildman–Crippen LogP) is 1.99. The van der Waals surface area contributed by atoms with Crippen LogP contribution in [0.5, 0.6) is 0 Å². The molecule has 2 fully saturated rings. The van der Waals surface area contributed by atoms with Crippen LogP contribution in [0.25, 0.3) is 0 Å². The Balaban J connectivity index is 1.47. The van der Waals surface area contributed by atoms with Crippen LogP contribution in [-0.2, 0) is 25.4 Å². The second kappa shape index (κ2) is 9.05. The van der Waals surface area contributed by atoms with E-state index in [0.717, 1.165) is 38.8 Å². The molecule has 0 bridgehead atoms. The predicted molar refractivity (Wildman–Crippen MR) is 105 cm³/mol. The molecule has 2 N–H and O–H groups in total. The minimum absolute atomic E-state index is 0.229. The highest BCUT2D eigenvalue weighted by Crippen LogP contribution is 2.33. The Kier molecular flexibility index (Phi) is 6.72. The van der Waals surface area contributed by atoms with Crippen LogP contribution in [0.4, 0.5) is 0 Å². The Morgan fingerprint density at radius 3 is 2.32 bits per heavy atom. The first kappa shape index (κ1) is 20.8. The van der Waals surface area contributed by atoms with Gasteiger partial charge in [-0.25, -0.2) is 13.1 Å². The first-order valence-corrected chi connectivity index (χ1v) is 11.5. The van der Waals surface area contributed by atoms with Crippen LogP contribution in [0.15, 0.2) is 30.3 Å². The number of hydrogen-bond acceptors (Lipinski definition) is 4. The molecule has 1 aromatic rings. The van der Waals surface area contributed by atoms with E-state index < -0.39 is 22.0 Å². The monoisotopic (exact) mass is 408 g/mol. The molecule has 0 spiro atoms. The fourth-order valence-electron chi connectivity index (χ4n) is 3.72. The molecule has 3 rings (SSSR count). The Labute approximate surface area is 166 Å². The second-order valence-electron chi connectivity index (χ2n) is 7.87. The van der Waals surface area contributed by atoms with E-state index in [1.807, 2.05) is 4.90 Å². The lowest BCUT2D eigenvalue weighted by atomic mass is 9.90. The first-order chi connectivity index (χ1) is 13.3. The van der Waals surface area contributed by atoms with Crippen LogP contribution < -0.4 is 4.72 Å². The molecule has 154 valence electrons. The van der Waals surface area contributed by atoms with Crippen LogP contribution in [0.1, 0.15) is 44.1 Å². The summed E-state index contributed by atoms with van der Waals surface area (Å²) in [5.41, 5.74) is 0.617. The van der Waals surface area contributed by atoms with Crippen molar-refractivity contribution in [3.05, 3.63) is 35.9 Å². The average molecular weight is 409 g/mol. The van der Waals surface area contributed by atoms with Crippen molar-refractivity contribution in [1.29, 1.82) is 0 Å². The number of carboxylic acid groups (broad SMARTS) is 1. The third kappa shape index (κ3) is 6.04. The molecule has 1 saturated heterocycles. The zero-order valence-corrected chi connectivity index (χ0v) is 16.7. The van der Waals surface area contributed by atoms with Crippen molar-refractivity contribution in [2.75, 3.05) is 13.1 Å². The molecule has 1 aliphatic carbocycles. The summed E-state index contributed by atoms with van der Waals surface area (Å²) in [5.74, 6) is -0.580. The van der Waals surface area contributed by atoms with Gasteiger partial charge in [-0.1, -0.05) is 30.3 Å². The summed E-state index contributed by atoms with van der Waals surface area (Å²) in [6.45, 7) is 1.44. The zero-order valence-electron chi connectivity index (χ0n) is 15.9. The normalized spacial score (nSPS) is 19.4. The van der Waals surface area contributed by atoms with E-state index in [1.165, 1.54) is 0 Å². The van der Waals surface area contributed by atoms with Crippen molar-refractivity contribution in [3.63, 3.8) is 0 Å². The number of carbonyl (C=O) groups is 2. The number of nitrogens with zero attached hydrogens (tertiary/aromatic N) is 1. The first-order valence-electron chi connectivity index (χ1n) is 9.89. The molecule has 0 unspecified atom stereocenters. The number of nitrogens with one attached hydrogen (secondary N) is 1. The lowest BCUT2D eigenvalue weighted by Gasteiger charge is -2.32.